The molecule has 0 saturated heterocycles. The highest BCUT2D eigenvalue weighted by molar-refractivity contribution is 9.10. The molecule has 1 heterocycles. The average molecular weight is 307 g/mol. The fourth-order valence-electron chi connectivity index (χ4n) is 1.56. The summed E-state index contributed by atoms with van der Waals surface area (Å²) in [6.07, 6.45) is 1.71. The summed E-state index contributed by atoms with van der Waals surface area (Å²) in [5.74, 6) is 1.35. The number of rotatable bonds is 3. The van der Waals surface area contributed by atoms with Gasteiger partial charge in [0.25, 0.3) is 0 Å². The van der Waals surface area contributed by atoms with Crippen molar-refractivity contribution in [1.29, 1.82) is 0 Å². The first-order valence-electron chi connectivity index (χ1n) is 5.72. The fourth-order valence-corrected chi connectivity index (χ4v) is 1.90. The van der Waals surface area contributed by atoms with Crippen LogP contribution in [0.1, 0.15) is 24.1 Å². The number of aromatic nitrogens is 1. The Kier molecular flexibility index (Phi) is 3.99. The smallest absolute Gasteiger partial charge is 0.219 e. The van der Waals surface area contributed by atoms with Gasteiger partial charge in [-0.15, -0.1) is 0 Å². The molecule has 1 atom stereocenters. The minimum atomic E-state index is -0.0287. The molecule has 1 aromatic carbocycles. The first-order chi connectivity index (χ1) is 8.56. The summed E-state index contributed by atoms with van der Waals surface area (Å²) < 4.78 is 6.76. The number of pyridine rings is 1. The Balaban J connectivity index is 2.28. The van der Waals surface area contributed by atoms with Gasteiger partial charge in [0.05, 0.1) is 0 Å². The lowest BCUT2D eigenvalue weighted by molar-refractivity contribution is 0.458. The van der Waals surface area contributed by atoms with E-state index in [0.29, 0.717) is 5.88 Å². The third-order valence-corrected chi connectivity index (χ3v) is 3.14. The van der Waals surface area contributed by atoms with Crippen LogP contribution < -0.4 is 10.5 Å². The number of hydrogen-bond donors (Lipinski definition) is 1. The summed E-state index contributed by atoms with van der Waals surface area (Å²) in [6, 6.07) is 9.63. The number of benzene rings is 1. The highest BCUT2D eigenvalue weighted by atomic mass is 79.9. The van der Waals surface area contributed by atoms with Gasteiger partial charge in [0.2, 0.25) is 5.88 Å². The van der Waals surface area contributed by atoms with Crippen molar-refractivity contribution < 1.29 is 4.74 Å². The molecule has 1 aromatic heterocycles. The molecule has 2 rings (SSSR count). The highest BCUT2D eigenvalue weighted by Crippen LogP contribution is 2.27. The van der Waals surface area contributed by atoms with Crippen molar-refractivity contribution in [2.24, 2.45) is 5.73 Å². The SMILES string of the molecule is Cc1ccc(Br)cc1Oc1cc([C@H](C)N)ccn1. The summed E-state index contributed by atoms with van der Waals surface area (Å²) in [5, 5.41) is 0. The summed E-state index contributed by atoms with van der Waals surface area (Å²) in [6.45, 7) is 3.93. The maximum atomic E-state index is 5.84. The number of halogens is 1. The van der Waals surface area contributed by atoms with Crippen molar-refractivity contribution in [3.8, 4) is 11.6 Å². The first kappa shape index (κ1) is 13.1. The van der Waals surface area contributed by atoms with Crippen LogP contribution in [0.2, 0.25) is 0 Å². The molecule has 0 spiro atoms. The van der Waals surface area contributed by atoms with Gasteiger partial charge in [-0.3, -0.25) is 0 Å². The molecular weight excluding hydrogens is 292 g/mol. The van der Waals surface area contributed by atoms with E-state index in [4.69, 9.17) is 10.5 Å². The summed E-state index contributed by atoms with van der Waals surface area (Å²) >= 11 is 3.43. The van der Waals surface area contributed by atoms with Crippen LogP contribution in [0.3, 0.4) is 0 Å². The standard InChI is InChI=1S/C14H15BrN2O/c1-9-3-4-12(15)8-13(9)18-14-7-11(10(2)16)5-6-17-14/h3-8,10H,16H2,1-2H3/t10-/m0/s1. The molecule has 0 saturated carbocycles. The number of nitrogens with zero attached hydrogens (tertiary/aromatic N) is 1. The van der Waals surface area contributed by atoms with Crippen molar-refractivity contribution in [1.82, 2.24) is 4.98 Å². The normalized spacial score (nSPS) is 12.2. The topological polar surface area (TPSA) is 48.1 Å². The Morgan fingerprint density at radius 2 is 2.06 bits per heavy atom. The number of aryl methyl sites for hydroxylation is 1. The number of nitrogens with two attached hydrogens (primary N) is 1. The molecule has 0 radical (unpaired) electrons. The minimum Gasteiger partial charge on any atom is -0.439 e. The van der Waals surface area contributed by atoms with Gasteiger partial charge < -0.3 is 10.5 Å². The molecule has 0 aliphatic heterocycles. The van der Waals surface area contributed by atoms with Crippen LogP contribution in [0.4, 0.5) is 0 Å². The molecule has 0 unspecified atom stereocenters. The molecule has 0 fully saturated rings. The molecule has 2 aromatic rings. The molecule has 0 aliphatic carbocycles. The van der Waals surface area contributed by atoms with Gasteiger partial charge in [-0.05, 0) is 43.2 Å². The fraction of sp³-hybridized carbons (Fsp3) is 0.214. The molecule has 2 N–H and O–H groups in total. The lowest BCUT2D eigenvalue weighted by Crippen LogP contribution is -2.05. The molecule has 4 heteroatoms. The monoisotopic (exact) mass is 306 g/mol. The molecule has 0 amide bonds. The predicted molar refractivity (Wildman–Crippen MR) is 75.8 cm³/mol. The Labute approximate surface area is 115 Å². The first-order valence-corrected chi connectivity index (χ1v) is 6.51. The van der Waals surface area contributed by atoms with Crippen LogP contribution in [0.5, 0.6) is 11.6 Å². The van der Waals surface area contributed by atoms with Crippen molar-refractivity contribution in [3.63, 3.8) is 0 Å². The molecule has 18 heavy (non-hydrogen) atoms. The van der Waals surface area contributed by atoms with Crippen molar-refractivity contribution in [2.75, 3.05) is 0 Å². The van der Waals surface area contributed by atoms with E-state index >= 15 is 0 Å². The summed E-state index contributed by atoms with van der Waals surface area (Å²) in [7, 11) is 0. The van der Waals surface area contributed by atoms with Crippen molar-refractivity contribution >= 4 is 15.9 Å². The van der Waals surface area contributed by atoms with E-state index in [9.17, 15) is 0 Å². The third kappa shape index (κ3) is 3.09. The Hall–Kier alpha value is -1.39. The zero-order valence-corrected chi connectivity index (χ0v) is 11.9. The van der Waals surface area contributed by atoms with E-state index < -0.39 is 0 Å². The maximum absolute atomic E-state index is 5.84. The van der Waals surface area contributed by atoms with Gasteiger partial charge in [0.1, 0.15) is 5.75 Å². The van der Waals surface area contributed by atoms with Crippen LogP contribution >= 0.6 is 15.9 Å². The quantitative estimate of drug-likeness (QED) is 0.933. The summed E-state index contributed by atoms with van der Waals surface area (Å²) in [5.41, 5.74) is 7.91. The second-order valence-corrected chi connectivity index (χ2v) is 5.14. The van der Waals surface area contributed by atoms with Crippen LogP contribution in [0, 0.1) is 6.92 Å². The molecule has 0 aliphatic rings. The third-order valence-electron chi connectivity index (χ3n) is 2.65. The van der Waals surface area contributed by atoms with Gasteiger partial charge in [-0.25, -0.2) is 4.98 Å². The second kappa shape index (κ2) is 5.50. The predicted octanol–water partition coefficient (Wildman–Crippen LogP) is 3.96. The molecule has 3 nitrogen and oxygen atoms in total. The van der Waals surface area contributed by atoms with Crippen molar-refractivity contribution in [2.45, 2.75) is 19.9 Å². The van der Waals surface area contributed by atoms with Gasteiger partial charge in [-0.1, -0.05) is 22.0 Å². The zero-order chi connectivity index (χ0) is 13.1. The highest BCUT2D eigenvalue weighted by Gasteiger charge is 2.06. The van der Waals surface area contributed by atoms with E-state index in [1.165, 1.54) is 0 Å². The Morgan fingerprint density at radius 3 is 2.78 bits per heavy atom. The van der Waals surface area contributed by atoms with E-state index in [1.807, 2.05) is 44.2 Å². The van der Waals surface area contributed by atoms with E-state index in [-0.39, 0.29) is 6.04 Å². The van der Waals surface area contributed by atoms with Gasteiger partial charge in [0.15, 0.2) is 0 Å². The van der Waals surface area contributed by atoms with Gasteiger partial charge in [0, 0.05) is 22.8 Å². The van der Waals surface area contributed by atoms with Crippen LogP contribution in [0.25, 0.3) is 0 Å². The Morgan fingerprint density at radius 1 is 1.28 bits per heavy atom. The largest absolute Gasteiger partial charge is 0.439 e. The van der Waals surface area contributed by atoms with E-state index in [0.717, 1.165) is 21.3 Å². The average Bonchev–Trinajstić information content (AvgIpc) is 2.34. The minimum absolute atomic E-state index is 0.0287. The molecular formula is C14H15BrN2O. The number of hydrogen-bond acceptors (Lipinski definition) is 3. The zero-order valence-electron chi connectivity index (χ0n) is 10.4. The lowest BCUT2D eigenvalue weighted by atomic mass is 10.1. The lowest BCUT2D eigenvalue weighted by Gasteiger charge is -2.10. The summed E-state index contributed by atoms with van der Waals surface area (Å²) in [4.78, 5) is 4.19. The van der Waals surface area contributed by atoms with E-state index in [2.05, 4.69) is 20.9 Å². The van der Waals surface area contributed by atoms with Crippen LogP contribution in [-0.2, 0) is 0 Å². The number of ether oxygens (including phenoxy) is 1. The van der Waals surface area contributed by atoms with Gasteiger partial charge in [-0.2, -0.15) is 0 Å². The molecule has 94 valence electrons. The molecule has 0 bridgehead atoms. The Bertz CT molecular complexity index is 555. The van der Waals surface area contributed by atoms with Crippen LogP contribution in [0.15, 0.2) is 41.0 Å². The van der Waals surface area contributed by atoms with E-state index in [1.54, 1.807) is 6.20 Å². The maximum Gasteiger partial charge on any atom is 0.219 e. The van der Waals surface area contributed by atoms with Crippen LogP contribution in [-0.4, -0.2) is 4.98 Å². The van der Waals surface area contributed by atoms with Crippen molar-refractivity contribution in [3.05, 3.63) is 52.1 Å². The van der Waals surface area contributed by atoms with Gasteiger partial charge >= 0.3 is 0 Å². The second-order valence-electron chi connectivity index (χ2n) is 4.23.